The molecule has 0 aromatic carbocycles. The van der Waals surface area contributed by atoms with Crippen molar-refractivity contribution in [3.63, 3.8) is 0 Å². The molecule has 3 nitrogen and oxygen atoms in total. The first-order chi connectivity index (χ1) is 8.85. The van der Waals surface area contributed by atoms with Gasteiger partial charge in [0.25, 0.3) is 0 Å². The molecule has 1 unspecified atom stereocenters. The van der Waals surface area contributed by atoms with E-state index in [0.717, 1.165) is 0 Å². The maximum Gasteiger partial charge on any atom is 0.392 e. The van der Waals surface area contributed by atoms with Crippen molar-refractivity contribution in [1.29, 1.82) is 0 Å². The van der Waals surface area contributed by atoms with Crippen molar-refractivity contribution in [2.45, 2.75) is 51.1 Å². The van der Waals surface area contributed by atoms with E-state index in [2.05, 4.69) is 6.58 Å². The maximum absolute atomic E-state index is 11.9. The Kier molecular flexibility index (Phi) is 9.09. The molecular formula is C13H23F3O3S. The zero-order valence-electron chi connectivity index (χ0n) is 12.5. The molecule has 0 amide bonds. The second kappa shape index (κ2) is 8.46. The fraction of sp³-hybridized carbons (Fsp3) is 0.692. The molecule has 120 valence electrons. The standard InChI is InChI=1S/C10H17F3O3S.C3H6/c1-8(16-4)9(2,3)17(14,15)7-5-6-10(11,12)13;1-3-2/h5,7-8H,6H2,1-4H3;3H,1H2,2H3/b7-5+;. The van der Waals surface area contributed by atoms with Gasteiger partial charge in [0.1, 0.15) is 0 Å². The van der Waals surface area contributed by atoms with Crippen molar-refractivity contribution in [3.8, 4) is 0 Å². The Morgan fingerprint density at radius 2 is 1.70 bits per heavy atom. The summed E-state index contributed by atoms with van der Waals surface area (Å²) in [4.78, 5) is 0. The zero-order valence-corrected chi connectivity index (χ0v) is 13.3. The molecule has 0 fully saturated rings. The quantitative estimate of drug-likeness (QED) is 0.723. The smallest absolute Gasteiger partial charge is 0.380 e. The Balaban J connectivity index is 0. The highest BCUT2D eigenvalue weighted by molar-refractivity contribution is 7.95. The largest absolute Gasteiger partial charge is 0.392 e. The van der Waals surface area contributed by atoms with Crippen molar-refractivity contribution in [2.75, 3.05) is 7.11 Å². The minimum Gasteiger partial charge on any atom is -0.380 e. The summed E-state index contributed by atoms with van der Waals surface area (Å²) in [5.74, 6) is 0. The third-order valence-corrected chi connectivity index (χ3v) is 5.04. The lowest BCUT2D eigenvalue weighted by molar-refractivity contribution is -0.124. The van der Waals surface area contributed by atoms with Crippen molar-refractivity contribution in [2.24, 2.45) is 0 Å². The summed E-state index contributed by atoms with van der Waals surface area (Å²) >= 11 is 0. The Morgan fingerprint density at radius 3 is 2.00 bits per heavy atom. The van der Waals surface area contributed by atoms with Gasteiger partial charge in [-0.3, -0.25) is 0 Å². The number of allylic oxidation sites excluding steroid dienone is 2. The fourth-order valence-electron chi connectivity index (χ4n) is 0.999. The number of sulfone groups is 1. The molecule has 0 aromatic heterocycles. The van der Waals surface area contributed by atoms with Crippen molar-refractivity contribution in [1.82, 2.24) is 0 Å². The number of methoxy groups -OCH3 is 1. The molecule has 20 heavy (non-hydrogen) atoms. The van der Waals surface area contributed by atoms with Gasteiger partial charge in [0.05, 0.1) is 17.3 Å². The summed E-state index contributed by atoms with van der Waals surface area (Å²) in [5, 5.41) is 0.607. The molecule has 0 aliphatic carbocycles. The highest BCUT2D eigenvalue weighted by Crippen LogP contribution is 2.26. The minimum absolute atomic E-state index is 0.607. The summed E-state index contributed by atoms with van der Waals surface area (Å²) in [6.07, 6.45) is -3.92. The summed E-state index contributed by atoms with van der Waals surface area (Å²) in [5.41, 5.74) is 0. The second-order valence-corrected chi connectivity index (χ2v) is 7.04. The van der Waals surface area contributed by atoms with Crippen LogP contribution in [0.25, 0.3) is 0 Å². The molecular weight excluding hydrogens is 293 g/mol. The van der Waals surface area contributed by atoms with Gasteiger partial charge < -0.3 is 4.74 Å². The maximum atomic E-state index is 11.9. The van der Waals surface area contributed by atoms with E-state index in [1.807, 2.05) is 6.92 Å². The lowest BCUT2D eigenvalue weighted by atomic mass is 10.1. The van der Waals surface area contributed by atoms with Gasteiger partial charge in [0.2, 0.25) is 0 Å². The second-order valence-electron chi connectivity index (χ2n) is 4.63. The van der Waals surface area contributed by atoms with Gasteiger partial charge in [0, 0.05) is 12.5 Å². The predicted octanol–water partition coefficient (Wildman–Crippen LogP) is 3.87. The normalized spacial score (nSPS) is 14.6. The van der Waals surface area contributed by atoms with Gasteiger partial charge in [-0.1, -0.05) is 12.2 Å². The van der Waals surface area contributed by atoms with Crippen LogP contribution in [0.4, 0.5) is 13.2 Å². The third-order valence-electron chi connectivity index (χ3n) is 2.69. The average molecular weight is 316 g/mol. The van der Waals surface area contributed by atoms with Crippen molar-refractivity contribution in [3.05, 3.63) is 24.1 Å². The molecule has 0 N–H and O–H groups in total. The van der Waals surface area contributed by atoms with Crippen molar-refractivity contribution >= 4 is 9.84 Å². The molecule has 0 saturated carbocycles. The van der Waals surface area contributed by atoms with Gasteiger partial charge in [0.15, 0.2) is 9.84 Å². The predicted molar refractivity (Wildman–Crippen MR) is 75.2 cm³/mol. The molecule has 0 radical (unpaired) electrons. The Labute approximate surface area is 119 Å². The van der Waals surface area contributed by atoms with Crippen LogP contribution in [0.2, 0.25) is 0 Å². The summed E-state index contributed by atoms with van der Waals surface area (Å²) in [6.45, 7) is 9.62. The van der Waals surface area contributed by atoms with Crippen LogP contribution < -0.4 is 0 Å². The lowest BCUT2D eigenvalue weighted by Gasteiger charge is -2.28. The van der Waals surface area contributed by atoms with Gasteiger partial charge in [-0.2, -0.15) is 13.2 Å². The summed E-state index contributed by atoms with van der Waals surface area (Å²) < 4.78 is 62.9. The van der Waals surface area contributed by atoms with Gasteiger partial charge in [-0.15, -0.1) is 6.58 Å². The molecule has 0 aliphatic rings. The monoisotopic (exact) mass is 316 g/mol. The molecule has 0 aromatic rings. The average Bonchev–Trinajstić information content (AvgIpc) is 2.26. The molecule has 0 spiro atoms. The van der Waals surface area contributed by atoms with E-state index in [1.165, 1.54) is 21.0 Å². The number of hydrogen-bond acceptors (Lipinski definition) is 3. The first kappa shape index (κ1) is 21.5. The number of hydrogen-bond donors (Lipinski definition) is 0. The van der Waals surface area contributed by atoms with E-state index < -0.39 is 33.3 Å². The van der Waals surface area contributed by atoms with E-state index in [0.29, 0.717) is 11.5 Å². The molecule has 0 heterocycles. The Morgan fingerprint density at radius 1 is 1.30 bits per heavy atom. The fourth-order valence-corrected chi connectivity index (χ4v) is 2.26. The zero-order chi connectivity index (χ0) is 16.6. The van der Waals surface area contributed by atoms with Gasteiger partial charge in [-0.05, 0) is 27.7 Å². The van der Waals surface area contributed by atoms with E-state index in [1.54, 1.807) is 13.0 Å². The molecule has 0 rings (SSSR count). The molecule has 0 saturated heterocycles. The number of alkyl halides is 3. The van der Waals surface area contributed by atoms with E-state index >= 15 is 0 Å². The van der Waals surface area contributed by atoms with Crippen molar-refractivity contribution < 1.29 is 26.3 Å². The van der Waals surface area contributed by atoms with Gasteiger partial charge >= 0.3 is 6.18 Å². The van der Waals surface area contributed by atoms with Crippen LogP contribution in [0.3, 0.4) is 0 Å². The van der Waals surface area contributed by atoms with Gasteiger partial charge in [-0.25, -0.2) is 8.42 Å². The first-order valence-corrected chi connectivity index (χ1v) is 7.48. The lowest BCUT2D eigenvalue weighted by Crippen LogP contribution is -2.42. The summed E-state index contributed by atoms with van der Waals surface area (Å²) in [6, 6.07) is 0. The minimum atomic E-state index is -4.40. The van der Waals surface area contributed by atoms with Crippen LogP contribution >= 0.6 is 0 Å². The topological polar surface area (TPSA) is 43.4 Å². The Hall–Kier alpha value is -0.820. The molecule has 0 bridgehead atoms. The van der Waals surface area contributed by atoms with E-state index in [4.69, 9.17) is 4.74 Å². The van der Waals surface area contributed by atoms with E-state index in [9.17, 15) is 21.6 Å². The van der Waals surface area contributed by atoms with Crippen LogP contribution in [0.5, 0.6) is 0 Å². The Bertz CT molecular complexity index is 409. The SMILES string of the molecule is C=CC.COC(C)C(C)(C)S(=O)(=O)/C=C/CC(F)(F)F. The van der Waals surface area contributed by atoms with E-state index in [-0.39, 0.29) is 0 Å². The number of halogens is 3. The molecule has 1 atom stereocenters. The van der Waals surface area contributed by atoms with Crippen LogP contribution in [0.1, 0.15) is 34.1 Å². The highest BCUT2D eigenvalue weighted by atomic mass is 32.2. The highest BCUT2D eigenvalue weighted by Gasteiger charge is 2.38. The molecule has 0 aliphatic heterocycles. The third kappa shape index (κ3) is 7.69. The van der Waals surface area contributed by atoms with Crippen LogP contribution in [0, 0.1) is 0 Å². The molecule has 7 heteroatoms. The van der Waals surface area contributed by atoms with Crippen LogP contribution in [-0.2, 0) is 14.6 Å². The summed E-state index contributed by atoms with van der Waals surface area (Å²) in [7, 11) is -2.45. The number of ether oxygens (including phenoxy) is 1. The van der Waals surface area contributed by atoms with Crippen LogP contribution in [0.15, 0.2) is 24.1 Å². The van der Waals surface area contributed by atoms with Crippen LogP contribution in [-0.4, -0.2) is 32.6 Å². The number of rotatable bonds is 5. The first-order valence-electron chi connectivity index (χ1n) is 5.93.